The molecule has 4 nitrogen and oxygen atoms in total. The molecule has 0 aliphatic carbocycles. The highest BCUT2D eigenvalue weighted by atomic mass is 19.1. The standard InChI is InChI=1S/C16H17FN2O2/c1-2-12-6-3-4-7-13(12)10-18-11-14-8-5-9-15(16(14)17)19(20)21/h3-9,18H,2,10-11H2,1H3. The summed E-state index contributed by atoms with van der Waals surface area (Å²) in [5, 5.41) is 13.8. The molecule has 1 N–H and O–H groups in total. The molecular weight excluding hydrogens is 271 g/mol. The number of nitrogens with one attached hydrogen (secondary N) is 1. The van der Waals surface area contributed by atoms with E-state index in [0.29, 0.717) is 12.1 Å². The average Bonchev–Trinajstić information content (AvgIpc) is 2.49. The lowest BCUT2D eigenvalue weighted by atomic mass is 10.1. The zero-order valence-corrected chi connectivity index (χ0v) is 11.8. The van der Waals surface area contributed by atoms with Gasteiger partial charge in [0.1, 0.15) is 0 Å². The maximum atomic E-state index is 13.9. The summed E-state index contributed by atoms with van der Waals surface area (Å²) < 4.78 is 13.9. The monoisotopic (exact) mass is 288 g/mol. The summed E-state index contributed by atoms with van der Waals surface area (Å²) in [6, 6.07) is 12.3. The van der Waals surface area contributed by atoms with Crippen molar-refractivity contribution < 1.29 is 9.31 Å². The normalized spacial score (nSPS) is 10.6. The van der Waals surface area contributed by atoms with Gasteiger partial charge in [0.25, 0.3) is 0 Å². The van der Waals surface area contributed by atoms with Crippen LogP contribution >= 0.6 is 0 Å². The Labute approximate surface area is 122 Å². The Bertz CT molecular complexity index is 644. The Morgan fingerprint density at radius 1 is 1.05 bits per heavy atom. The summed E-state index contributed by atoms with van der Waals surface area (Å²) in [7, 11) is 0. The molecule has 0 amide bonds. The van der Waals surface area contributed by atoms with Crippen LogP contribution in [-0.2, 0) is 19.5 Å². The van der Waals surface area contributed by atoms with E-state index in [9.17, 15) is 14.5 Å². The Balaban J connectivity index is 2.04. The molecule has 0 saturated heterocycles. The third kappa shape index (κ3) is 3.64. The van der Waals surface area contributed by atoms with Gasteiger partial charge in [0.05, 0.1) is 4.92 Å². The molecule has 0 bridgehead atoms. The van der Waals surface area contributed by atoms with Crippen molar-refractivity contribution in [1.29, 1.82) is 0 Å². The first-order valence-electron chi connectivity index (χ1n) is 6.82. The number of nitro groups is 1. The minimum Gasteiger partial charge on any atom is -0.308 e. The van der Waals surface area contributed by atoms with Gasteiger partial charge in [0.15, 0.2) is 0 Å². The first-order chi connectivity index (χ1) is 10.1. The largest absolute Gasteiger partial charge is 0.308 e. The fourth-order valence-corrected chi connectivity index (χ4v) is 2.25. The number of nitro benzene ring substituents is 1. The van der Waals surface area contributed by atoms with Crippen molar-refractivity contribution in [3.8, 4) is 0 Å². The SMILES string of the molecule is CCc1ccccc1CNCc1cccc([N+](=O)[O-])c1F. The fraction of sp³-hybridized carbons (Fsp3) is 0.250. The molecule has 5 heteroatoms. The molecule has 0 aliphatic rings. The summed E-state index contributed by atoms with van der Waals surface area (Å²) >= 11 is 0. The molecule has 0 aliphatic heterocycles. The highest BCUT2D eigenvalue weighted by Crippen LogP contribution is 2.20. The molecular formula is C16H17FN2O2. The van der Waals surface area contributed by atoms with Gasteiger partial charge in [-0.25, -0.2) is 0 Å². The van der Waals surface area contributed by atoms with E-state index < -0.39 is 16.4 Å². The average molecular weight is 288 g/mol. The molecule has 2 aromatic carbocycles. The second-order valence-electron chi connectivity index (χ2n) is 4.73. The van der Waals surface area contributed by atoms with Crippen molar-refractivity contribution in [2.75, 3.05) is 0 Å². The van der Waals surface area contributed by atoms with Crippen molar-refractivity contribution in [1.82, 2.24) is 5.32 Å². The van der Waals surface area contributed by atoms with E-state index in [-0.39, 0.29) is 6.54 Å². The first-order valence-corrected chi connectivity index (χ1v) is 6.82. The second kappa shape index (κ2) is 6.95. The zero-order valence-electron chi connectivity index (χ0n) is 11.8. The quantitative estimate of drug-likeness (QED) is 0.653. The van der Waals surface area contributed by atoms with Gasteiger partial charge >= 0.3 is 5.69 Å². The van der Waals surface area contributed by atoms with Gasteiger partial charge in [-0.05, 0) is 17.5 Å². The van der Waals surface area contributed by atoms with Crippen molar-refractivity contribution in [3.05, 3.63) is 75.1 Å². The predicted octanol–water partition coefficient (Wildman–Crippen LogP) is 3.59. The van der Waals surface area contributed by atoms with Crippen LogP contribution in [0, 0.1) is 15.9 Å². The molecule has 0 radical (unpaired) electrons. The molecule has 0 aromatic heterocycles. The number of rotatable bonds is 6. The van der Waals surface area contributed by atoms with E-state index >= 15 is 0 Å². The van der Waals surface area contributed by atoms with Crippen molar-refractivity contribution >= 4 is 5.69 Å². The van der Waals surface area contributed by atoms with Crippen LogP contribution in [0.1, 0.15) is 23.6 Å². The molecule has 2 aromatic rings. The lowest BCUT2D eigenvalue weighted by molar-refractivity contribution is -0.387. The topological polar surface area (TPSA) is 55.2 Å². The van der Waals surface area contributed by atoms with Gasteiger partial charge in [-0.1, -0.05) is 43.3 Å². The zero-order chi connectivity index (χ0) is 15.2. The van der Waals surface area contributed by atoms with E-state index in [4.69, 9.17) is 0 Å². The van der Waals surface area contributed by atoms with E-state index in [2.05, 4.69) is 18.3 Å². The van der Waals surface area contributed by atoms with Crippen molar-refractivity contribution in [2.45, 2.75) is 26.4 Å². The van der Waals surface area contributed by atoms with Gasteiger partial charge in [-0.15, -0.1) is 0 Å². The molecule has 0 fully saturated rings. The number of hydrogen-bond donors (Lipinski definition) is 1. The van der Waals surface area contributed by atoms with E-state index in [0.717, 1.165) is 12.0 Å². The molecule has 0 atom stereocenters. The fourth-order valence-electron chi connectivity index (χ4n) is 2.25. The van der Waals surface area contributed by atoms with E-state index in [1.807, 2.05) is 18.2 Å². The number of hydrogen-bond acceptors (Lipinski definition) is 3. The molecule has 110 valence electrons. The minimum absolute atomic E-state index is 0.256. The number of nitrogens with zero attached hydrogens (tertiary/aromatic N) is 1. The number of aryl methyl sites for hydroxylation is 1. The third-order valence-electron chi connectivity index (χ3n) is 3.39. The lowest BCUT2D eigenvalue weighted by Crippen LogP contribution is -2.15. The van der Waals surface area contributed by atoms with Crippen LogP contribution in [0.15, 0.2) is 42.5 Å². The maximum Gasteiger partial charge on any atom is 0.305 e. The molecule has 0 saturated carbocycles. The Morgan fingerprint density at radius 2 is 1.67 bits per heavy atom. The molecule has 2 rings (SSSR count). The summed E-state index contributed by atoms with van der Waals surface area (Å²) in [4.78, 5) is 9.99. The smallest absolute Gasteiger partial charge is 0.305 e. The van der Waals surface area contributed by atoms with Crippen LogP contribution in [0.5, 0.6) is 0 Å². The third-order valence-corrected chi connectivity index (χ3v) is 3.39. The van der Waals surface area contributed by atoms with Gasteiger partial charge in [-0.2, -0.15) is 4.39 Å². The van der Waals surface area contributed by atoms with Gasteiger partial charge in [0.2, 0.25) is 5.82 Å². The van der Waals surface area contributed by atoms with Crippen LogP contribution < -0.4 is 5.32 Å². The summed E-state index contributed by atoms with van der Waals surface area (Å²) in [6.45, 7) is 2.94. The van der Waals surface area contributed by atoms with E-state index in [1.165, 1.54) is 17.7 Å². The minimum atomic E-state index is -0.765. The van der Waals surface area contributed by atoms with Crippen LogP contribution in [0.2, 0.25) is 0 Å². The van der Waals surface area contributed by atoms with Gasteiger partial charge in [0, 0.05) is 24.7 Å². The molecule has 0 heterocycles. The van der Waals surface area contributed by atoms with E-state index in [1.54, 1.807) is 6.07 Å². The Morgan fingerprint density at radius 3 is 2.33 bits per heavy atom. The van der Waals surface area contributed by atoms with Gasteiger partial charge in [-0.3, -0.25) is 10.1 Å². The number of halogens is 1. The predicted molar refractivity (Wildman–Crippen MR) is 79.4 cm³/mol. The summed E-state index contributed by atoms with van der Waals surface area (Å²) in [5.41, 5.74) is 2.22. The van der Waals surface area contributed by atoms with Crippen LogP contribution in [0.4, 0.5) is 10.1 Å². The van der Waals surface area contributed by atoms with Crippen LogP contribution in [0.3, 0.4) is 0 Å². The van der Waals surface area contributed by atoms with Gasteiger partial charge < -0.3 is 5.32 Å². The summed E-state index contributed by atoms with van der Waals surface area (Å²) in [6.07, 6.45) is 0.934. The molecule has 0 unspecified atom stereocenters. The van der Waals surface area contributed by atoms with Crippen molar-refractivity contribution in [2.24, 2.45) is 0 Å². The molecule has 21 heavy (non-hydrogen) atoms. The van der Waals surface area contributed by atoms with Crippen molar-refractivity contribution in [3.63, 3.8) is 0 Å². The first kappa shape index (κ1) is 15.1. The summed E-state index contributed by atoms with van der Waals surface area (Å²) in [5.74, 6) is -0.765. The molecule has 0 spiro atoms. The number of benzene rings is 2. The van der Waals surface area contributed by atoms with Crippen LogP contribution in [0.25, 0.3) is 0 Å². The second-order valence-corrected chi connectivity index (χ2v) is 4.73. The Hall–Kier alpha value is -2.27. The lowest BCUT2D eigenvalue weighted by Gasteiger charge is -2.09. The highest BCUT2D eigenvalue weighted by molar-refractivity contribution is 5.36. The maximum absolute atomic E-state index is 13.9. The highest BCUT2D eigenvalue weighted by Gasteiger charge is 2.16. The Kier molecular flexibility index (Phi) is 5.00. The van der Waals surface area contributed by atoms with Crippen LogP contribution in [-0.4, -0.2) is 4.92 Å².